The molecule has 1 atom stereocenters. The second-order valence-corrected chi connectivity index (χ2v) is 3.26. The average molecular weight is 188 g/mol. The van der Waals surface area contributed by atoms with Crippen molar-refractivity contribution in [3.05, 3.63) is 53.9 Å². The van der Waals surface area contributed by atoms with Gasteiger partial charge in [-0.1, -0.05) is 30.3 Å². The average Bonchev–Trinajstić information content (AvgIpc) is 2.65. The third-order valence-electron chi connectivity index (χ3n) is 2.16. The molecule has 14 heavy (non-hydrogen) atoms. The molecular weight excluding hydrogens is 176 g/mol. The van der Waals surface area contributed by atoms with E-state index in [1.807, 2.05) is 43.6 Å². The smallest absolute Gasteiger partial charge is 0.107 e. The highest BCUT2D eigenvalue weighted by Crippen LogP contribution is 2.20. The van der Waals surface area contributed by atoms with Crippen LogP contribution in [0.2, 0.25) is 0 Å². The summed E-state index contributed by atoms with van der Waals surface area (Å²) in [7, 11) is 1.83. The Labute approximate surface area is 82.6 Å². The van der Waals surface area contributed by atoms with Gasteiger partial charge in [0.1, 0.15) is 6.10 Å². The van der Waals surface area contributed by atoms with Gasteiger partial charge in [0, 0.05) is 18.8 Å². The van der Waals surface area contributed by atoms with Crippen LogP contribution in [0.5, 0.6) is 0 Å². The molecule has 0 saturated carbocycles. The Bertz CT molecular complexity index is 408. The van der Waals surface area contributed by atoms with Gasteiger partial charge in [-0.3, -0.25) is 4.68 Å². The van der Waals surface area contributed by atoms with E-state index in [0.29, 0.717) is 0 Å². The molecule has 0 spiro atoms. The van der Waals surface area contributed by atoms with Gasteiger partial charge < -0.3 is 5.11 Å². The minimum absolute atomic E-state index is 0.579. The number of benzene rings is 1. The Morgan fingerprint density at radius 1 is 1.21 bits per heavy atom. The lowest BCUT2D eigenvalue weighted by Crippen LogP contribution is -1.97. The number of aliphatic hydroxyl groups is 1. The van der Waals surface area contributed by atoms with Gasteiger partial charge in [0.2, 0.25) is 0 Å². The Balaban J connectivity index is 2.29. The molecule has 2 aromatic rings. The third-order valence-corrected chi connectivity index (χ3v) is 2.16. The first kappa shape index (κ1) is 8.97. The maximum atomic E-state index is 9.95. The number of aryl methyl sites for hydroxylation is 1. The van der Waals surface area contributed by atoms with Crippen LogP contribution >= 0.6 is 0 Å². The summed E-state index contributed by atoms with van der Waals surface area (Å²) in [6.45, 7) is 0. The lowest BCUT2D eigenvalue weighted by atomic mass is 10.1. The van der Waals surface area contributed by atoms with Gasteiger partial charge in [-0.05, 0) is 5.56 Å². The van der Waals surface area contributed by atoms with Crippen molar-refractivity contribution < 1.29 is 5.11 Å². The van der Waals surface area contributed by atoms with E-state index < -0.39 is 6.10 Å². The first-order valence-electron chi connectivity index (χ1n) is 4.49. The van der Waals surface area contributed by atoms with E-state index in [-0.39, 0.29) is 0 Å². The van der Waals surface area contributed by atoms with E-state index in [9.17, 15) is 5.11 Å². The Kier molecular flexibility index (Phi) is 2.33. The fraction of sp³-hybridized carbons (Fsp3) is 0.182. The minimum Gasteiger partial charge on any atom is -0.384 e. The van der Waals surface area contributed by atoms with E-state index in [1.54, 1.807) is 10.9 Å². The number of hydrogen-bond acceptors (Lipinski definition) is 2. The van der Waals surface area contributed by atoms with Crippen molar-refractivity contribution in [1.29, 1.82) is 0 Å². The van der Waals surface area contributed by atoms with Gasteiger partial charge in [-0.15, -0.1) is 0 Å². The number of rotatable bonds is 2. The molecule has 1 heterocycles. The first-order valence-corrected chi connectivity index (χ1v) is 4.49. The van der Waals surface area contributed by atoms with Crippen LogP contribution in [0.25, 0.3) is 0 Å². The van der Waals surface area contributed by atoms with E-state index in [4.69, 9.17) is 0 Å². The summed E-state index contributed by atoms with van der Waals surface area (Å²) in [6, 6.07) is 9.55. The summed E-state index contributed by atoms with van der Waals surface area (Å²) >= 11 is 0. The van der Waals surface area contributed by atoms with E-state index in [1.165, 1.54) is 0 Å². The second-order valence-electron chi connectivity index (χ2n) is 3.26. The largest absolute Gasteiger partial charge is 0.384 e. The van der Waals surface area contributed by atoms with Gasteiger partial charge in [0.05, 0.1) is 6.20 Å². The molecule has 1 aromatic carbocycles. The van der Waals surface area contributed by atoms with Crippen molar-refractivity contribution in [2.45, 2.75) is 6.10 Å². The van der Waals surface area contributed by atoms with Crippen molar-refractivity contribution in [2.24, 2.45) is 7.05 Å². The lowest BCUT2D eigenvalue weighted by Gasteiger charge is -2.07. The zero-order valence-electron chi connectivity index (χ0n) is 7.96. The summed E-state index contributed by atoms with van der Waals surface area (Å²) in [4.78, 5) is 0. The second kappa shape index (κ2) is 3.64. The molecule has 2 rings (SSSR count). The standard InChI is InChI=1S/C11H12N2O/c1-13-8-10(7-12-13)11(14)9-5-3-2-4-6-9/h2-8,11,14H,1H3. The van der Waals surface area contributed by atoms with Gasteiger partial charge in [0.25, 0.3) is 0 Å². The number of aromatic nitrogens is 2. The monoisotopic (exact) mass is 188 g/mol. The van der Waals surface area contributed by atoms with Gasteiger partial charge in [0.15, 0.2) is 0 Å². The Morgan fingerprint density at radius 2 is 1.93 bits per heavy atom. The molecule has 0 aliphatic carbocycles. The van der Waals surface area contributed by atoms with Crippen molar-refractivity contribution in [1.82, 2.24) is 9.78 Å². The normalized spacial score (nSPS) is 12.7. The highest BCUT2D eigenvalue weighted by atomic mass is 16.3. The van der Waals surface area contributed by atoms with Crippen LogP contribution in [0.1, 0.15) is 17.2 Å². The summed E-state index contributed by atoms with van der Waals surface area (Å²) in [5.41, 5.74) is 1.71. The van der Waals surface area contributed by atoms with Crippen molar-refractivity contribution in [2.75, 3.05) is 0 Å². The number of hydrogen-bond donors (Lipinski definition) is 1. The third kappa shape index (κ3) is 1.67. The maximum Gasteiger partial charge on any atom is 0.107 e. The highest BCUT2D eigenvalue weighted by Gasteiger charge is 2.10. The SMILES string of the molecule is Cn1cc(C(O)c2ccccc2)cn1. The molecule has 0 amide bonds. The molecule has 0 aliphatic heterocycles. The topological polar surface area (TPSA) is 38.0 Å². The first-order chi connectivity index (χ1) is 6.77. The molecule has 0 saturated heterocycles. The molecule has 0 radical (unpaired) electrons. The van der Waals surface area contributed by atoms with Gasteiger partial charge in [-0.25, -0.2) is 0 Å². The van der Waals surface area contributed by atoms with Crippen molar-refractivity contribution in [3.8, 4) is 0 Å². The van der Waals surface area contributed by atoms with Crippen LogP contribution in [-0.2, 0) is 7.05 Å². The predicted molar refractivity (Wildman–Crippen MR) is 53.7 cm³/mol. The fourth-order valence-electron chi connectivity index (χ4n) is 1.41. The molecule has 0 bridgehead atoms. The van der Waals surface area contributed by atoms with Crippen LogP contribution in [0, 0.1) is 0 Å². The summed E-state index contributed by atoms with van der Waals surface area (Å²) in [5, 5.41) is 14.0. The van der Waals surface area contributed by atoms with Crippen molar-refractivity contribution >= 4 is 0 Å². The molecule has 1 N–H and O–H groups in total. The maximum absolute atomic E-state index is 9.95. The van der Waals surface area contributed by atoms with Crippen molar-refractivity contribution in [3.63, 3.8) is 0 Å². The Morgan fingerprint density at radius 3 is 2.50 bits per heavy atom. The lowest BCUT2D eigenvalue weighted by molar-refractivity contribution is 0.220. The minimum atomic E-state index is -0.579. The molecule has 1 aromatic heterocycles. The summed E-state index contributed by atoms with van der Waals surface area (Å²) < 4.78 is 1.68. The van der Waals surface area contributed by atoms with Crippen LogP contribution in [0.15, 0.2) is 42.7 Å². The molecule has 72 valence electrons. The van der Waals surface area contributed by atoms with Gasteiger partial charge >= 0.3 is 0 Å². The molecule has 3 nitrogen and oxygen atoms in total. The number of aliphatic hydroxyl groups excluding tert-OH is 1. The van der Waals surface area contributed by atoms with E-state index in [2.05, 4.69) is 5.10 Å². The van der Waals surface area contributed by atoms with Crippen LogP contribution in [-0.4, -0.2) is 14.9 Å². The predicted octanol–water partition coefficient (Wildman–Crippen LogP) is 1.50. The van der Waals surface area contributed by atoms with Crippen LogP contribution in [0.4, 0.5) is 0 Å². The molecule has 0 fully saturated rings. The fourth-order valence-corrected chi connectivity index (χ4v) is 1.41. The molecule has 0 aliphatic rings. The Hall–Kier alpha value is -1.61. The quantitative estimate of drug-likeness (QED) is 0.775. The number of nitrogens with zero attached hydrogens (tertiary/aromatic N) is 2. The molecular formula is C11H12N2O. The van der Waals surface area contributed by atoms with E-state index in [0.717, 1.165) is 11.1 Å². The summed E-state index contributed by atoms with van der Waals surface area (Å²) in [6.07, 6.45) is 2.92. The van der Waals surface area contributed by atoms with Crippen LogP contribution < -0.4 is 0 Å². The zero-order chi connectivity index (χ0) is 9.97. The van der Waals surface area contributed by atoms with E-state index >= 15 is 0 Å². The zero-order valence-corrected chi connectivity index (χ0v) is 7.96. The molecule has 1 unspecified atom stereocenters. The highest BCUT2D eigenvalue weighted by molar-refractivity contribution is 5.26. The molecule has 3 heteroatoms. The van der Waals surface area contributed by atoms with Gasteiger partial charge in [-0.2, -0.15) is 5.10 Å². The summed E-state index contributed by atoms with van der Waals surface area (Å²) in [5.74, 6) is 0. The van der Waals surface area contributed by atoms with Crippen LogP contribution in [0.3, 0.4) is 0 Å².